The summed E-state index contributed by atoms with van der Waals surface area (Å²) < 4.78 is 22.0. The highest BCUT2D eigenvalue weighted by Crippen LogP contribution is 2.21. The van der Waals surface area contributed by atoms with E-state index in [0.717, 1.165) is 6.26 Å². The van der Waals surface area contributed by atoms with Crippen molar-refractivity contribution < 1.29 is 8.42 Å². The van der Waals surface area contributed by atoms with Gasteiger partial charge in [-0.2, -0.15) is 0 Å². The molecule has 1 rings (SSSR count). The smallest absolute Gasteiger partial charge is 0.149 e. The van der Waals surface area contributed by atoms with Gasteiger partial charge in [-0.1, -0.05) is 29.8 Å². The second-order valence-corrected chi connectivity index (χ2v) is 5.81. The van der Waals surface area contributed by atoms with Gasteiger partial charge in [0.1, 0.15) is 9.84 Å². The van der Waals surface area contributed by atoms with Gasteiger partial charge >= 0.3 is 0 Å². The molecular formula is C9H12ClNO2S. The van der Waals surface area contributed by atoms with Crippen LogP contribution in [-0.2, 0) is 9.84 Å². The molecule has 0 aliphatic heterocycles. The molecule has 0 saturated heterocycles. The Morgan fingerprint density at radius 3 is 2.50 bits per heavy atom. The maximum absolute atomic E-state index is 11.0. The predicted octanol–water partition coefficient (Wildman–Crippen LogP) is 1.38. The van der Waals surface area contributed by atoms with Crippen molar-refractivity contribution in [3.63, 3.8) is 0 Å². The van der Waals surface area contributed by atoms with Gasteiger partial charge in [-0.3, -0.25) is 0 Å². The Labute approximate surface area is 88.8 Å². The molecular weight excluding hydrogens is 222 g/mol. The van der Waals surface area contributed by atoms with Crippen molar-refractivity contribution in [2.45, 2.75) is 6.04 Å². The van der Waals surface area contributed by atoms with Crippen molar-refractivity contribution in [3.05, 3.63) is 34.9 Å². The number of halogens is 1. The molecule has 1 atom stereocenters. The number of nitrogens with two attached hydrogens (primary N) is 1. The topological polar surface area (TPSA) is 60.2 Å². The van der Waals surface area contributed by atoms with E-state index >= 15 is 0 Å². The summed E-state index contributed by atoms with van der Waals surface area (Å²) in [6.45, 7) is 0. The molecule has 0 aliphatic rings. The van der Waals surface area contributed by atoms with Crippen molar-refractivity contribution >= 4 is 21.4 Å². The number of sulfone groups is 1. The maximum Gasteiger partial charge on any atom is 0.149 e. The first-order chi connectivity index (χ1) is 6.40. The SMILES string of the molecule is CS(=O)(=O)CC(N)c1ccccc1Cl. The molecule has 0 aromatic heterocycles. The standard InChI is InChI=1S/C9H12ClNO2S/c1-14(12,13)6-9(11)7-4-2-3-5-8(7)10/h2-5,9H,6,11H2,1H3. The maximum atomic E-state index is 11.0. The van der Waals surface area contributed by atoms with E-state index in [0.29, 0.717) is 10.6 Å². The second kappa shape index (κ2) is 4.29. The van der Waals surface area contributed by atoms with Crippen LogP contribution < -0.4 is 5.73 Å². The number of benzene rings is 1. The van der Waals surface area contributed by atoms with Crippen LogP contribution in [0.15, 0.2) is 24.3 Å². The van der Waals surface area contributed by atoms with Crippen LogP contribution in [0.1, 0.15) is 11.6 Å². The summed E-state index contributed by atoms with van der Waals surface area (Å²) in [7, 11) is -3.07. The van der Waals surface area contributed by atoms with Gasteiger partial charge in [0.25, 0.3) is 0 Å². The summed E-state index contributed by atoms with van der Waals surface area (Å²) >= 11 is 5.87. The Morgan fingerprint density at radius 2 is 2.00 bits per heavy atom. The van der Waals surface area contributed by atoms with Crippen molar-refractivity contribution in [2.75, 3.05) is 12.0 Å². The van der Waals surface area contributed by atoms with E-state index in [1.165, 1.54) is 0 Å². The average Bonchev–Trinajstić information content (AvgIpc) is 2.01. The Balaban J connectivity index is 2.90. The zero-order valence-electron chi connectivity index (χ0n) is 7.77. The third kappa shape index (κ3) is 3.29. The Hall–Kier alpha value is -0.580. The zero-order valence-corrected chi connectivity index (χ0v) is 9.35. The molecule has 0 bridgehead atoms. The Kier molecular flexibility index (Phi) is 3.53. The van der Waals surface area contributed by atoms with E-state index in [9.17, 15) is 8.42 Å². The van der Waals surface area contributed by atoms with E-state index in [-0.39, 0.29) is 5.75 Å². The van der Waals surface area contributed by atoms with Gasteiger partial charge in [-0.15, -0.1) is 0 Å². The van der Waals surface area contributed by atoms with Gasteiger partial charge in [0.15, 0.2) is 0 Å². The summed E-state index contributed by atoms with van der Waals surface area (Å²) in [5, 5.41) is 0.503. The third-order valence-corrected chi connectivity index (χ3v) is 3.10. The van der Waals surface area contributed by atoms with Crippen LogP contribution in [0.2, 0.25) is 5.02 Å². The first-order valence-corrected chi connectivity index (χ1v) is 6.52. The molecule has 2 N–H and O–H groups in total. The van der Waals surface area contributed by atoms with E-state index < -0.39 is 15.9 Å². The number of hydrogen-bond acceptors (Lipinski definition) is 3. The molecule has 3 nitrogen and oxygen atoms in total. The quantitative estimate of drug-likeness (QED) is 0.858. The normalized spacial score (nSPS) is 13.9. The van der Waals surface area contributed by atoms with Gasteiger partial charge in [0.05, 0.1) is 5.75 Å². The van der Waals surface area contributed by atoms with E-state index in [1.807, 2.05) is 0 Å². The Morgan fingerprint density at radius 1 is 1.43 bits per heavy atom. The first kappa shape index (κ1) is 11.5. The molecule has 0 amide bonds. The molecule has 0 fully saturated rings. The van der Waals surface area contributed by atoms with Gasteiger partial charge in [-0.25, -0.2) is 8.42 Å². The van der Waals surface area contributed by atoms with Gasteiger partial charge < -0.3 is 5.73 Å². The van der Waals surface area contributed by atoms with Crippen LogP contribution in [0.5, 0.6) is 0 Å². The minimum Gasteiger partial charge on any atom is -0.323 e. The van der Waals surface area contributed by atoms with Gasteiger partial charge in [-0.05, 0) is 11.6 Å². The lowest BCUT2D eigenvalue weighted by Crippen LogP contribution is -2.21. The molecule has 14 heavy (non-hydrogen) atoms. The molecule has 0 saturated carbocycles. The zero-order chi connectivity index (χ0) is 10.8. The molecule has 0 heterocycles. The van der Waals surface area contributed by atoms with E-state index in [2.05, 4.69) is 0 Å². The molecule has 0 spiro atoms. The summed E-state index contributed by atoms with van der Waals surface area (Å²) in [6, 6.07) is 6.43. The van der Waals surface area contributed by atoms with Crippen molar-refractivity contribution in [1.29, 1.82) is 0 Å². The molecule has 0 aliphatic carbocycles. The second-order valence-electron chi connectivity index (χ2n) is 3.22. The van der Waals surface area contributed by atoms with Crippen LogP contribution >= 0.6 is 11.6 Å². The minimum atomic E-state index is -3.07. The molecule has 1 aromatic carbocycles. The lowest BCUT2D eigenvalue weighted by molar-refractivity contribution is 0.595. The predicted molar refractivity (Wildman–Crippen MR) is 58.1 cm³/mol. The number of rotatable bonds is 3. The van der Waals surface area contributed by atoms with Crippen LogP contribution in [0.25, 0.3) is 0 Å². The highest BCUT2D eigenvalue weighted by Gasteiger charge is 2.14. The van der Waals surface area contributed by atoms with E-state index in [1.54, 1.807) is 24.3 Å². The fraction of sp³-hybridized carbons (Fsp3) is 0.333. The van der Waals surface area contributed by atoms with Crippen LogP contribution in [0, 0.1) is 0 Å². The molecule has 5 heteroatoms. The van der Waals surface area contributed by atoms with Gasteiger partial charge in [0, 0.05) is 17.3 Å². The monoisotopic (exact) mass is 233 g/mol. The highest BCUT2D eigenvalue weighted by molar-refractivity contribution is 7.90. The molecule has 1 unspecified atom stereocenters. The molecule has 78 valence electrons. The fourth-order valence-corrected chi connectivity index (χ4v) is 2.30. The number of hydrogen-bond donors (Lipinski definition) is 1. The summed E-state index contributed by atoms with van der Waals surface area (Å²) in [6.07, 6.45) is 1.16. The summed E-state index contributed by atoms with van der Waals surface area (Å²) in [5.74, 6) is -0.0866. The van der Waals surface area contributed by atoms with Crippen molar-refractivity contribution in [1.82, 2.24) is 0 Å². The fourth-order valence-electron chi connectivity index (χ4n) is 1.19. The van der Waals surface area contributed by atoms with Crippen molar-refractivity contribution in [3.8, 4) is 0 Å². The first-order valence-electron chi connectivity index (χ1n) is 4.08. The van der Waals surface area contributed by atoms with Crippen molar-refractivity contribution in [2.24, 2.45) is 5.73 Å². The average molecular weight is 234 g/mol. The molecule has 1 aromatic rings. The summed E-state index contributed by atoms with van der Waals surface area (Å²) in [4.78, 5) is 0. The lowest BCUT2D eigenvalue weighted by Gasteiger charge is -2.11. The Bertz CT molecular complexity index is 417. The van der Waals surface area contributed by atoms with Crippen LogP contribution in [0.4, 0.5) is 0 Å². The highest BCUT2D eigenvalue weighted by atomic mass is 35.5. The third-order valence-electron chi connectivity index (χ3n) is 1.79. The van der Waals surface area contributed by atoms with Gasteiger partial charge in [0.2, 0.25) is 0 Å². The van der Waals surface area contributed by atoms with E-state index in [4.69, 9.17) is 17.3 Å². The summed E-state index contributed by atoms with van der Waals surface area (Å²) in [5.41, 5.74) is 6.38. The largest absolute Gasteiger partial charge is 0.323 e. The minimum absolute atomic E-state index is 0.0866. The van der Waals surface area contributed by atoms with Crippen LogP contribution in [-0.4, -0.2) is 20.4 Å². The van der Waals surface area contributed by atoms with Crippen LogP contribution in [0.3, 0.4) is 0 Å². The molecule has 0 radical (unpaired) electrons. The lowest BCUT2D eigenvalue weighted by atomic mass is 10.1.